The van der Waals surface area contributed by atoms with Gasteiger partial charge in [-0.1, -0.05) is 0 Å². The maximum absolute atomic E-state index is 15.4. The summed E-state index contributed by atoms with van der Waals surface area (Å²) >= 11 is 0. The number of ether oxygens (including phenoxy) is 2. The van der Waals surface area contributed by atoms with Crippen molar-refractivity contribution in [1.82, 2.24) is 25.0 Å². The number of nitrogens with one attached hydrogen (secondary N) is 3. The van der Waals surface area contributed by atoms with Crippen LogP contribution in [0.5, 0.6) is 11.5 Å². The number of nitrogens with zero attached hydrogens (tertiary/aromatic N) is 4. The predicted octanol–water partition coefficient (Wildman–Crippen LogP) is 1.56. The number of fused-ring (bicyclic) bond motifs is 1. The van der Waals surface area contributed by atoms with E-state index in [-0.39, 0.29) is 34.3 Å². The van der Waals surface area contributed by atoms with Gasteiger partial charge in [-0.25, -0.2) is 14.0 Å². The minimum atomic E-state index is -1.31. The van der Waals surface area contributed by atoms with Gasteiger partial charge in [0.1, 0.15) is 23.3 Å². The second kappa shape index (κ2) is 9.14. The largest absolute Gasteiger partial charge is 0.493 e. The van der Waals surface area contributed by atoms with Crippen molar-refractivity contribution in [3.8, 4) is 17.3 Å². The molecule has 6 N–H and O–H groups in total. The Bertz CT molecular complexity index is 1600. The van der Waals surface area contributed by atoms with E-state index >= 15 is 4.39 Å². The van der Waals surface area contributed by atoms with Gasteiger partial charge >= 0.3 is 11.7 Å². The summed E-state index contributed by atoms with van der Waals surface area (Å²) < 4.78 is 26.7. The molecule has 4 aromatic rings. The number of halogens is 1. The Balaban J connectivity index is 1.63. The quantitative estimate of drug-likeness (QED) is 0.235. The van der Waals surface area contributed by atoms with Crippen LogP contribution in [-0.2, 0) is 6.54 Å². The number of aromatic nitrogens is 5. The van der Waals surface area contributed by atoms with Crippen molar-refractivity contribution in [3.05, 3.63) is 80.9 Å². The van der Waals surface area contributed by atoms with Crippen LogP contribution in [0.1, 0.15) is 38.9 Å². The fourth-order valence-electron chi connectivity index (χ4n) is 4.09. The zero-order valence-corrected chi connectivity index (χ0v) is 19.6. The van der Waals surface area contributed by atoms with E-state index in [2.05, 4.69) is 30.6 Å². The highest BCUT2D eigenvalue weighted by atomic mass is 19.1. The minimum Gasteiger partial charge on any atom is -0.493 e. The lowest BCUT2D eigenvalue weighted by atomic mass is 10.0. The molecule has 0 spiro atoms. The van der Waals surface area contributed by atoms with Crippen molar-refractivity contribution < 1.29 is 23.8 Å². The lowest BCUT2D eigenvalue weighted by Crippen LogP contribution is -2.18. The van der Waals surface area contributed by atoms with Crippen molar-refractivity contribution in [1.29, 1.82) is 0 Å². The SMILES string of the molecule is COc1cc(F)c(C(Nc2ccc3c(c2)CN=C3N)c2nn(-c3[nH]ncc3C(=O)O)c(=O)[nH]2)cc1OC. The number of hydrogen-bond donors (Lipinski definition) is 5. The number of anilines is 1. The third-order valence-corrected chi connectivity index (χ3v) is 5.90. The molecule has 0 fully saturated rings. The number of hydrogen-bond acceptors (Lipinski definition) is 9. The Hall–Kier alpha value is -5.14. The van der Waals surface area contributed by atoms with Gasteiger partial charge in [0.25, 0.3) is 0 Å². The second-order valence-corrected chi connectivity index (χ2v) is 8.04. The van der Waals surface area contributed by atoms with Crippen LogP contribution in [0.2, 0.25) is 0 Å². The molecule has 0 bridgehead atoms. The molecule has 37 heavy (non-hydrogen) atoms. The Labute approximate surface area is 207 Å². The molecule has 0 saturated heterocycles. The van der Waals surface area contributed by atoms with Crippen LogP contribution in [0.15, 0.2) is 46.3 Å². The molecule has 1 aliphatic rings. The highest BCUT2D eigenvalue weighted by molar-refractivity contribution is 6.01. The number of amidine groups is 1. The summed E-state index contributed by atoms with van der Waals surface area (Å²) in [6.45, 7) is 0.398. The van der Waals surface area contributed by atoms with E-state index in [1.807, 2.05) is 6.07 Å². The van der Waals surface area contributed by atoms with Gasteiger partial charge in [-0.2, -0.15) is 9.78 Å². The Kier molecular flexibility index (Phi) is 5.83. The van der Waals surface area contributed by atoms with Gasteiger partial charge in [0.2, 0.25) is 0 Å². The fourth-order valence-corrected chi connectivity index (χ4v) is 4.09. The van der Waals surface area contributed by atoms with Gasteiger partial charge < -0.3 is 25.6 Å². The number of carbonyl (C=O) groups is 1. The standard InChI is InChI=1S/C23H21FN8O5/c1-36-16-6-13(15(24)7-17(16)37-2)18(28-11-3-4-12-10(5-11)8-26-19(12)25)20-29-23(35)32(31-20)21-14(22(33)34)9-27-30-21/h3-7,9,18,28H,8H2,1-2H3,(H2,25,26)(H,27,30)(H,33,34)(H,29,31,35). The molecule has 1 aliphatic heterocycles. The first-order valence-corrected chi connectivity index (χ1v) is 10.9. The number of carboxylic acids is 1. The van der Waals surface area contributed by atoms with Gasteiger partial charge in [-0.3, -0.25) is 15.1 Å². The molecule has 0 aliphatic carbocycles. The maximum Gasteiger partial charge on any atom is 0.349 e. The number of aromatic amines is 2. The number of carboxylic acid groups (broad SMARTS) is 1. The van der Waals surface area contributed by atoms with Crippen LogP contribution >= 0.6 is 0 Å². The monoisotopic (exact) mass is 508 g/mol. The predicted molar refractivity (Wildman–Crippen MR) is 129 cm³/mol. The molecule has 2 aromatic carbocycles. The van der Waals surface area contributed by atoms with Crippen molar-refractivity contribution in [3.63, 3.8) is 0 Å². The summed E-state index contributed by atoms with van der Waals surface area (Å²) in [6, 6.07) is 6.89. The average molecular weight is 508 g/mol. The third-order valence-electron chi connectivity index (χ3n) is 5.90. The molecular weight excluding hydrogens is 487 g/mol. The molecule has 1 unspecified atom stereocenters. The van der Waals surface area contributed by atoms with Gasteiger partial charge in [0.05, 0.1) is 27.0 Å². The first-order chi connectivity index (χ1) is 17.8. The third kappa shape index (κ3) is 4.13. The van der Waals surface area contributed by atoms with Crippen LogP contribution in [0, 0.1) is 5.82 Å². The number of H-pyrrole nitrogens is 2. The lowest BCUT2D eigenvalue weighted by molar-refractivity contribution is 0.0696. The number of benzene rings is 2. The summed E-state index contributed by atoms with van der Waals surface area (Å²) in [5.41, 5.74) is 7.22. The zero-order chi connectivity index (χ0) is 26.3. The molecule has 190 valence electrons. The van der Waals surface area contributed by atoms with Gasteiger partial charge in [-0.05, 0) is 29.8 Å². The van der Waals surface area contributed by atoms with Crippen LogP contribution < -0.4 is 26.2 Å². The van der Waals surface area contributed by atoms with Crippen molar-refractivity contribution in [2.45, 2.75) is 12.6 Å². The van der Waals surface area contributed by atoms with E-state index in [4.69, 9.17) is 15.2 Å². The fraction of sp³-hybridized carbons (Fsp3) is 0.174. The number of aromatic carboxylic acids is 1. The van der Waals surface area contributed by atoms with Crippen LogP contribution in [-0.4, -0.2) is 56.1 Å². The lowest BCUT2D eigenvalue weighted by Gasteiger charge is -2.21. The van der Waals surface area contributed by atoms with Crippen molar-refractivity contribution in [2.24, 2.45) is 10.7 Å². The van der Waals surface area contributed by atoms with Crippen LogP contribution in [0.25, 0.3) is 5.82 Å². The van der Waals surface area contributed by atoms with Crippen LogP contribution in [0.3, 0.4) is 0 Å². The first kappa shape index (κ1) is 23.6. The normalized spacial score (nSPS) is 13.1. The first-order valence-electron chi connectivity index (χ1n) is 10.9. The van der Waals surface area contributed by atoms with Gasteiger partial charge in [-0.15, -0.1) is 5.10 Å². The van der Waals surface area contributed by atoms with Crippen molar-refractivity contribution >= 4 is 17.5 Å². The van der Waals surface area contributed by atoms with Gasteiger partial charge in [0.15, 0.2) is 23.1 Å². The van der Waals surface area contributed by atoms with Crippen LogP contribution in [0.4, 0.5) is 10.1 Å². The van der Waals surface area contributed by atoms with E-state index in [9.17, 15) is 14.7 Å². The van der Waals surface area contributed by atoms with E-state index in [1.54, 1.807) is 12.1 Å². The number of aliphatic imine (C=N–C) groups is 1. The maximum atomic E-state index is 15.4. The number of rotatable bonds is 8. The van der Waals surface area contributed by atoms with Gasteiger partial charge in [0, 0.05) is 22.9 Å². The van der Waals surface area contributed by atoms with E-state index in [0.29, 0.717) is 18.1 Å². The molecule has 0 amide bonds. The van der Waals surface area contributed by atoms with E-state index in [1.165, 1.54) is 20.3 Å². The van der Waals surface area contributed by atoms with E-state index < -0.39 is 23.5 Å². The second-order valence-electron chi connectivity index (χ2n) is 8.04. The molecule has 0 saturated carbocycles. The minimum absolute atomic E-state index is 0.00155. The number of nitrogens with two attached hydrogens (primary N) is 1. The summed E-state index contributed by atoms with van der Waals surface area (Å²) in [5, 5.41) is 23.0. The topological polar surface area (TPSA) is 186 Å². The Morgan fingerprint density at radius 1 is 1.24 bits per heavy atom. The smallest absolute Gasteiger partial charge is 0.349 e. The summed E-state index contributed by atoms with van der Waals surface area (Å²) in [4.78, 5) is 31.2. The summed E-state index contributed by atoms with van der Waals surface area (Å²) in [5.74, 6) is -1.26. The molecule has 3 heterocycles. The molecule has 2 aromatic heterocycles. The van der Waals surface area contributed by atoms with E-state index in [0.717, 1.165) is 28.1 Å². The highest BCUT2D eigenvalue weighted by Gasteiger charge is 2.27. The summed E-state index contributed by atoms with van der Waals surface area (Å²) in [7, 11) is 2.80. The molecule has 1 atom stereocenters. The molecule has 5 rings (SSSR count). The Morgan fingerprint density at radius 2 is 2.00 bits per heavy atom. The molecule has 13 nitrogen and oxygen atoms in total. The number of methoxy groups -OCH3 is 2. The Morgan fingerprint density at radius 3 is 2.73 bits per heavy atom. The van der Waals surface area contributed by atoms with Crippen molar-refractivity contribution in [2.75, 3.05) is 19.5 Å². The molecule has 0 radical (unpaired) electrons. The zero-order valence-electron chi connectivity index (χ0n) is 19.6. The highest BCUT2D eigenvalue weighted by Crippen LogP contribution is 2.36. The summed E-state index contributed by atoms with van der Waals surface area (Å²) in [6.07, 6.45) is 1.06. The molecular formula is C23H21FN8O5. The molecule has 14 heteroatoms. The average Bonchev–Trinajstić information content (AvgIpc) is 3.61.